The maximum Gasteiger partial charge on any atom is 0.340 e. The average Bonchev–Trinajstić information content (AvgIpc) is 3.19. The van der Waals surface area contributed by atoms with Gasteiger partial charge in [0.2, 0.25) is 5.91 Å². The quantitative estimate of drug-likeness (QED) is 0.629. The largest absolute Gasteiger partial charge is 0.497 e. The SMILES string of the molecule is COC(=O)c1cc(OC)ccc1NC(=O)C=Cc1ccc(C2CC2C)o1. The van der Waals surface area contributed by atoms with E-state index in [4.69, 9.17) is 13.9 Å². The molecule has 2 atom stereocenters. The molecule has 0 aliphatic heterocycles. The summed E-state index contributed by atoms with van der Waals surface area (Å²) in [5, 5.41) is 2.67. The van der Waals surface area contributed by atoms with Crippen molar-refractivity contribution in [3.63, 3.8) is 0 Å². The number of hydrogen-bond acceptors (Lipinski definition) is 5. The third kappa shape index (κ3) is 3.96. The molecule has 1 heterocycles. The van der Waals surface area contributed by atoms with Crippen LogP contribution >= 0.6 is 0 Å². The topological polar surface area (TPSA) is 77.8 Å². The van der Waals surface area contributed by atoms with Gasteiger partial charge in [-0.2, -0.15) is 0 Å². The van der Waals surface area contributed by atoms with Gasteiger partial charge in [-0.25, -0.2) is 4.79 Å². The lowest BCUT2D eigenvalue weighted by atomic mass is 10.1. The first-order chi connectivity index (χ1) is 12.5. The molecule has 1 aliphatic rings. The number of hydrogen-bond donors (Lipinski definition) is 1. The molecule has 1 saturated carbocycles. The molecule has 1 N–H and O–H groups in total. The highest BCUT2D eigenvalue weighted by atomic mass is 16.5. The summed E-state index contributed by atoms with van der Waals surface area (Å²) in [5.41, 5.74) is 0.566. The second kappa shape index (κ2) is 7.47. The molecule has 1 amide bonds. The Hall–Kier alpha value is -3.02. The van der Waals surface area contributed by atoms with Gasteiger partial charge in [-0.1, -0.05) is 6.92 Å². The Morgan fingerprint density at radius 3 is 2.65 bits per heavy atom. The molecule has 0 saturated heterocycles. The van der Waals surface area contributed by atoms with Crippen molar-refractivity contribution in [2.45, 2.75) is 19.3 Å². The fourth-order valence-electron chi connectivity index (χ4n) is 2.75. The number of methoxy groups -OCH3 is 2. The maximum atomic E-state index is 12.2. The van der Waals surface area contributed by atoms with Crippen molar-refractivity contribution in [1.29, 1.82) is 0 Å². The van der Waals surface area contributed by atoms with Crippen LogP contribution in [-0.4, -0.2) is 26.1 Å². The van der Waals surface area contributed by atoms with Crippen LogP contribution in [0.2, 0.25) is 0 Å². The van der Waals surface area contributed by atoms with E-state index in [1.165, 1.54) is 26.4 Å². The number of carbonyl (C=O) groups is 2. The zero-order chi connectivity index (χ0) is 18.7. The zero-order valence-corrected chi connectivity index (χ0v) is 14.9. The normalized spacial score (nSPS) is 18.6. The van der Waals surface area contributed by atoms with Gasteiger partial charge in [0.05, 0.1) is 25.5 Å². The highest BCUT2D eigenvalue weighted by molar-refractivity contribution is 6.06. The van der Waals surface area contributed by atoms with E-state index in [1.807, 2.05) is 12.1 Å². The number of ether oxygens (including phenoxy) is 2. The van der Waals surface area contributed by atoms with Gasteiger partial charge in [-0.15, -0.1) is 0 Å². The van der Waals surface area contributed by atoms with E-state index in [2.05, 4.69) is 12.2 Å². The van der Waals surface area contributed by atoms with Crippen LogP contribution in [0, 0.1) is 5.92 Å². The molecule has 136 valence electrons. The third-order valence-electron chi connectivity index (χ3n) is 4.41. The monoisotopic (exact) mass is 355 g/mol. The standard InChI is InChI=1S/C20H21NO5/c1-12-10-15(12)18-8-5-13(26-18)6-9-19(22)21-17-7-4-14(24-2)11-16(17)20(23)25-3/h4-9,11-12,15H,10H2,1-3H3,(H,21,22). The van der Waals surface area contributed by atoms with Crippen LogP contribution in [0.15, 0.2) is 40.8 Å². The number of benzene rings is 1. The lowest BCUT2D eigenvalue weighted by molar-refractivity contribution is -0.111. The zero-order valence-electron chi connectivity index (χ0n) is 14.9. The highest BCUT2D eigenvalue weighted by Crippen LogP contribution is 2.47. The van der Waals surface area contributed by atoms with Crippen LogP contribution in [-0.2, 0) is 9.53 Å². The van der Waals surface area contributed by atoms with E-state index in [1.54, 1.807) is 18.2 Å². The fourth-order valence-corrected chi connectivity index (χ4v) is 2.75. The van der Waals surface area contributed by atoms with E-state index >= 15 is 0 Å². The summed E-state index contributed by atoms with van der Waals surface area (Å²) < 4.78 is 15.6. The molecule has 1 fully saturated rings. The summed E-state index contributed by atoms with van der Waals surface area (Å²) >= 11 is 0. The molecular weight excluding hydrogens is 334 g/mol. The van der Waals surface area contributed by atoms with Crippen molar-refractivity contribution in [3.05, 3.63) is 53.5 Å². The molecule has 0 spiro atoms. The molecule has 1 aliphatic carbocycles. The number of nitrogens with one attached hydrogen (secondary N) is 1. The summed E-state index contributed by atoms with van der Waals surface area (Å²) in [6.45, 7) is 2.18. The fraction of sp³-hybridized carbons (Fsp3) is 0.300. The smallest absolute Gasteiger partial charge is 0.340 e. The predicted octanol–water partition coefficient (Wildman–Crippen LogP) is 3.85. The van der Waals surface area contributed by atoms with Crippen molar-refractivity contribution in [2.24, 2.45) is 5.92 Å². The van der Waals surface area contributed by atoms with Gasteiger partial charge in [0.15, 0.2) is 0 Å². The molecule has 0 radical (unpaired) electrons. The molecule has 2 unspecified atom stereocenters. The van der Waals surface area contributed by atoms with Gasteiger partial charge in [-0.05, 0) is 48.7 Å². The van der Waals surface area contributed by atoms with Crippen molar-refractivity contribution in [2.75, 3.05) is 19.5 Å². The highest BCUT2D eigenvalue weighted by Gasteiger charge is 2.36. The van der Waals surface area contributed by atoms with E-state index in [0.29, 0.717) is 29.0 Å². The van der Waals surface area contributed by atoms with Crippen molar-refractivity contribution in [3.8, 4) is 5.75 Å². The number of carbonyl (C=O) groups excluding carboxylic acids is 2. The summed E-state index contributed by atoms with van der Waals surface area (Å²) in [4.78, 5) is 24.1. The van der Waals surface area contributed by atoms with Crippen molar-refractivity contribution < 1.29 is 23.5 Å². The lowest BCUT2D eigenvalue weighted by Crippen LogP contribution is -2.13. The third-order valence-corrected chi connectivity index (χ3v) is 4.41. The summed E-state index contributed by atoms with van der Waals surface area (Å²) in [5.74, 6) is 2.30. The van der Waals surface area contributed by atoms with Crippen LogP contribution in [0.1, 0.15) is 41.1 Å². The minimum absolute atomic E-state index is 0.219. The first-order valence-corrected chi connectivity index (χ1v) is 8.37. The second-order valence-corrected chi connectivity index (χ2v) is 6.29. The first-order valence-electron chi connectivity index (χ1n) is 8.37. The molecule has 1 aromatic carbocycles. The Balaban J connectivity index is 1.69. The average molecular weight is 355 g/mol. The van der Waals surface area contributed by atoms with E-state index in [0.717, 1.165) is 12.2 Å². The number of furan rings is 1. The first kappa shape index (κ1) is 17.8. The molecule has 6 heteroatoms. The van der Waals surface area contributed by atoms with Gasteiger partial charge in [0.25, 0.3) is 0 Å². The summed E-state index contributed by atoms with van der Waals surface area (Å²) in [6.07, 6.45) is 4.11. The Morgan fingerprint density at radius 1 is 1.23 bits per heavy atom. The molecular formula is C20H21NO5. The van der Waals surface area contributed by atoms with Crippen molar-refractivity contribution >= 4 is 23.6 Å². The minimum Gasteiger partial charge on any atom is -0.497 e. The maximum absolute atomic E-state index is 12.2. The summed E-state index contributed by atoms with van der Waals surface area (Å²) in [7, 11) is 2.78. The van der Waals surface area contributed by atoms with E-state index in [-0.39, 0.29) is 11.5 Å². The molecule has 2 aromatic rings. The van der Waals surface area contributed by atoms with E-state index < -0.39 is 5.97 Å². The number of esters is 1. The Bertz CT molecular complexity index is 852. The van der Waals surface area contributed by atoms with Crippen LogP contribution in [0.5, 0.6) is 5.75 Å². The van der Waals surface area contributed by atoms with Crippen LogP contribution in [0.4, 0.5) is 5.69 Å². The number of rotatable bonds is 6. The van der Waals surface area contributed by atoms with Crippen LogP contribution in [0.3, 0.4) is 0 Å². The Labute approximate surface area is 151 Å². The number of amides is 1. The van der Waals surface area contributed by atoms with Crippen molar-refractivity contribution in [1.82, 2.24) is 0 Å². The predicted molar refractivity (Wildman–Crippen MR) is 97.2 cm³/mol. The van der Waals surface area contributed by atoms with Crippen LogP contribution < -0.4 is 10.1 Å². The molecule has 3 rings (SSSR count). The lowest BCUT2D eigenvalue weighted by Gasteiger charge is -2.10. The van der Waals surface area contributed by atoms with Gasteiger partial charge in [-0.3, -0.25) is 4.79 Å². The molecule has 26 heavy (non-hydrogen) atoms. The molecule has 6 nitrogen and oxygen atoms in total. The van der Waals surface area contributed by atoms with Gasteiger partial charge in [0.1, 0.15) is 17.3 Å². The molecule has 0 bridgehead atoms. The minimum atomic E-state index is -0.558. The Kier molecular flexibility index (Phi) is 5.11. The van der Waals surface area contributed by atoms with Gasteiger partial charge in [0, 0.05) is 12.0 Å². The van der Waals surface area contributed by atoms with Gasteiger partial charge >= 0.3 is 5.97 Å². The molecule has 1 aromatic heterocycles. The van der Waals surface area contributed by atoms with Crippen LogP contribution in [0.25, 0.3) is 6.08 Å². The summed E-state index contributed by atoms with van der Waals surface area (Å²) in [6, 6.07) is 8.56. The van der Waals surface area contributed by atoms with E-state index in [9.17, 15) is 9.59 Å². The number of anilines is 1. The van der Waals surface area contributed by atoms with Gasteiger partial charge < -0.3 is 19.2 Å². The Morgan fingerprint density at radius 2 is 2.00 bits per heavy atom. The second-order valence-electron chi connectivity index (χ2n) is 6.29.